The topological polar surface area (TPSA) is 21.7 Å². The van der Waals surface area contributed by atoms with E-state index in [0.29, 0.717) is 0 Å². The van der Waals surface area contributed by atoms with Crippen molar-refractivity contribution in [2.45, 2.75) is 31.3 Å². The van der Waals surface area contributed by atoms with E-state index >= 15 is 0 Å². The molecule has 2 bridgehead atoms. The molecule has 0 aliphatic carbocycles. The van der Waals surface area contributed by atoms with Crippen LogP contribution in [0.3, 0.4) is 0 Å². The van der Waals surface area contributed by atoms with Gasteiger partial charge in [-0.05, 0) is 43.5 Å². The van der Waals surface area contributed by atoms with Crippen molar-refractivity contribution in [1.82, 2.24) is 4.90 Å². The molecule has 2 heterocycles. The van der Waals surface area contributed by atoms with Gasteiger partial charge in [-0.15, -0.1) is 0 Å². The van der Waals surface area contributed by atoms with Crippen LogP contribution >= 0.6 is 0 Å². The second kappa shape index (κ2) is 5.51. The highest BCUT2D eigenvalue weighted by Gasteiger charge is 2.42. The van der Waals surface area contributed by atoms with E-state index < -0.39 is 0 Å². The number of piperidine rings is 1. The van der Waals surface area contributed by atoms with Gasteiger partial charge in [0.1, 0.15) is 11.4 Å². The van der Waals surface area contributed by atoms with Crippen LogP contribution in [-0.4, -0.2) is 43.9 Å². The predicted molar refractivity (Wildman–Crippen MR) is 75.7 cm³/mol. The summed E-state index contributed by atoms with van der Waals surface area (Å²) in [6.07, 6.45) is 4.62. The summed E-state index contributed by atoms with van der Waals surface area (Å²) in [6, 6.07) is 8.52. The normalized spacial score (nSPS) is 29.4. The zero-order valence-corrected chi connectivity index (χ0v) is 11.7. The maximum absolute atomic E-state index is 6.32. The number of hydrogen-bond acceptors (Lipinski definition) is 3. The summed E-state index contributed by atoms with van der Waals surface area (Å²) in [5.74, 6) is 1.02. The Kier molecular flexibility index (Phi) is 3.76. The van der Waals surface area contributed by atoms with E-state index in [4.69, 9.17) is 9.47 Å². The molecule has 2 unspecified atom stereocenters. The fourth-order valence-corrected chi connectivity index (χ4v) is 3.28. The molecule has 0 radical (unpaired) electrons. The Balaban J connectivity index is 1.63. The number of nitrogens with zero attached hydrogens (tertiary/aromatic N) is 1. The standard InChI is InChI=1S/C16H23NO2/c1-18-12-7-14-3-5-15(6-4-14)19-16-8-2-10-17(13-16)11-9-16/h3-6H,2,7-13H2,1H3. The van der Waals surface area contributed by atoms with Gasteiger partial charge >= 0.3 is 0 Å². The molecule has 0 spiro atoms. The molecule has 1 aromatic rings. The van der Waals surface area contributed by atoms with Gasteiger partial charge in [0.05, 0.1) is 6.61 Å². The molecule has 2 atom stereocenters. The summed E-state index contributed by atoms with van der Waals surface area (Å²) in [6.45, 7) is 4.34. The summed E-state index contributed by atoms with van der Waals surface area (Å²) in [7, 11) is 1.74. The predicted octanol–water partition coefficient (Wildman–Crippen LogP) is 2.49. The summed E-state index contributed by atoms with van der Waals surface area (Å²) >= 11 is 0. The fourth-order valence-electron chi connectivity index (χ4n) is 3.28. The molecule has 0 saturated carbocycles. The number of fused-ring (bicyclic) bond motifs is 2. The molecule has 104 valence electrons. The molecule has 2 fully saturated rings. The van der Waals surface area contributed by atoms with Gasteiger partial charge in [-0.1, -0.05) is 12.1 Å². The molecular weight excluding hydrogens is 238 g/mol. The van der Waals surface area contributed by atoms with Crippen LogP contribution in [0.15, 0.2) is 24.3 Å². The van der Waals surface area contributed by atoms with Crippen LogP contribution in [0.4, 0.5) is 0 Å². The van der Waals surface area contributed by atoms with Crippen molar-refractivity contribution in [1.29, 1.82) is 0 Å². The second-order valence-corrected chi connectivity index (χ2v) is 5.80. The first kappa shape index (κ1) is 12.9. The largest absolute Gasteiger partial charge is 0.486 e. The van der Waals surface area contributed by atoms with E-state index in [1.165, 1.54) is 37.9 Å². The third-order valence-electron chi connectivity index (χ3n) is 4.35. The number of methoxy groups -OCH3 is 1. The lowest BCUT2D eigenvalue weighted by atomic mass is 9.94. The Hall–Kier alpha value is -1.06. The van der Waals surface area contributed by atoms with E-state index in [1.54, 1.807) is 7.11 Å². The minimum absolute atomic E-state index is 0.0896. The molecular formula is C16H23NO2. The Labute approximate surface area is 115 Å². The summed E-state index contributed by atoms with van der Waals surface area (Å²) in [4.78, 5) is 2.52. The van der Waals surface area contributed by atoms with Gasteiger partial charge in [-0.25, -0.2) is 0 Å². The smallest absolute Gasteiger partial charge is 0.123 e. The lowest BCUT2D eigenvalue weighted by Gasteiger charge is -2.34. The first-order valence-electron chi connectivity index (χ1n) is 7.29. The zero-order valence-electron chi connectivity index (χ0n) is 11.7. The van der Waals surface area contributed by atoms with Crippen molar-refractivity contribution in [2.75, 3.05) is 33.4 Å². The second-order valence-electron chi connectivity index (χ2n) is 5.80. The highest BCUT2D eigenvalue weighted by Crippen LogP contribution is 2.35. The lowest BCUT2D eigenvalue weighted by molar-refractivity contribution is 0.0453. The van der Waals surface area contributed by atoms with E-state index in [-0.39, 0.29) is 5.60 Å². The van der Waals surface area contributed by atoms with Gasteiger partial charge in [0.2, 0.25) is 0 Å². The van der Waals surface area contributed by atoms with E-state index in [9.17, 15) is 0 Å². The Morgan fingerprint density at radius 2 is 2.00 bits per heavy atom. The minimum atomic E-state index is 0.0896. The number of rotatable bonds is 5. The van der Waals surface area contributed by atoms with Crippen molar-refractivity contribution < 1.29 is 9.47 Å². The van der Waals surface area contributed by atoms with Crippen LogP contribution in [0.5, 0.6) is 5.75 Å². The van der Waals surface area contributed by atoms with Crippen molar-refractivity contribution in [3.63, 3.8) is 0 Å². The Morgan fingerprint density at radius 1 is 1.16 bits per heavy atom. The molecule has 19 heavy (non-hydrogen) atoms. The van der Waals surface area contributed by atoms with E-state index in [0.717, 1.165) is 25.3 Å². The molecule has 2 aliphatic heterocycles. The monoisotopic (exact) mass is 261 g/mol. The third kappa shape index (κ3) is 2.93. The van der Waals surface area contributed by atoms with E-state index in [1.807, 2.05) is 0 Å². The van der Waals surface area contributed by atoms with Crippen LogP contribution in [0.25, 0.3) is 0 Å². The number of benzene rings is 1. The van der Waals surface area contributed by atoms with Crippen molar-refractivity contribution in [3.05, 3.63) is 29.8 Å². The number of hydrogen-bond donors (Lipinski definition) is 0. The average molecular weight is 261 g/mol. The molecule has 3 heteroatoms. The third-order valence-corrected chi connectivity index (χ3v) is 4.35. The maximum atomic E-state index is 6.32. The first-order valence-corrected chi connectivity index (χ1v) is 7.29. The molecule has 3 nitrogen and oxygen atoms in total. The van der Waals surface area contributed by atoms with Gasteiger partial charge in [-0.2, -0.15) is 0 Å². The molecule has 1 aromatic carbocycles. The quantitative estimate of drug-likeness (QED) is 0.813. The van der Waals surface area contributed by atoms with Crippen LogP contribution in [0.2, 0.25) is 0 Å². The molecule has 3 rings (SSSR count). The van der Waals surface area contributed by atoms with Crippen LogP contribution < -0.4 is 4.74 Å². The Morgan fingerprint density at radius 3 is 2.79 bits per heavy atom. The summed E-state index contributed by atoms with van der Waals surface area (Å²) in [5.41, 5.74) is 1.40. The SMILES string of the molecule is COCCc1ccc(OC23CCCN(CC2)C3)cc1. The summed E-state index contributed by atoms with van der Waals surface area (Å²) < 4.78 is 11.4. The van der Waals surface area contributed by atoms with Crippen LogP contribution in [0.1, 0.15) is 24.8 Å². The average Bonchev–Trinajstić information content (AvgIpc) is 2.73. The minimum Gasteiger partial charge on any atom is -0.486 e. The fraction of sp³-hybridized carbons (Fsp3) is 0.625. The highest BCUT2D eigenvalue weighted by molar-refractivity contribution is 5.28. The van der Waals surface area contributed by atoms with Crippen LogP contribution in [-0.2, 0) is 11.2 Å². The van der Waals surface area contributed by atoms with Gasteiger partial charge in [0.15, 0.2) is 0 Å². The van der Waals surface area contributed by atoms with Crippen LogP contribution in [0, 0.1) is 0 Å². The van der Waals surface area contributed by atoms with Gasteiger partial charge in [0, 0.05) is 26.6 Å². The highest BCUT2D eigenvalue weighted by atomic mass is 16.5. The summed E-state index contributed by atoms with van der Waals surface area (Å²) in [5, 5.41) is 0. The molecule has 2 saturated heterocycles. The first-order chi connectivity index (χ1) is 9.30. The molecule has 0 N–H and O–H groups in total. The van der Waals surface area contributed by atoms with Gasteiger partial charge < -0.3 is 9.47 Å². The van der Waals surface area contributed by atoms with Crippen molar-refractivity contribution in [3.8, 4) is 5.75 Å². The molecule has 2 aliphatic rings. The maximum Gasteiger partial charge on any atom is 0.123 e. The zero-order chi connectivity index (χ0) is 13.1. The lowest BCUT2D eigenvalue weighted by Crippen LogP contribution is -2.43. The number of ether oxygens (including phenoxy) is 2. The van der Waals surface area contributed by atoms with Crippen molar-refractivity contribution >= 4 is 0 Å². The molecule has 0 aromatic heterocycles. The Bertz CT molecular complexity index is 413. The van der Waals surface area contributed by atoms with E-state index in [2.05, 4.69) is 29.2 Å². The molecule has 0 amide bonds. The van der Waals surface area contributed by atoms with Gasteiger partial charge in [0.25, 0.3) is 0 Å². The van der Waals surface area contributed by atoms with Gasteiger partial charge in [-0.3, -0.25) is 4.90 Å². The van der Waals surface area contributed by atoms with Crippen molar-refractivity contribution in [2.24, 2.45) is 0 Å².